The second-order valence-corrected chi connectivity index (χ2v) is 5.96. The summed E-state index contributed by atoms with van der Waals surface area (Å²) in [5.41, 5.74) is 0. The number of aliphatic carboxylic acids is 1. The van der Waals surface area contributed by atoms with Gasteiger partial charge in [0, 0.05) is 26.0 Å². The van der Waals surface area contributed by atoms with Gasteiger partial charge in [-0.15, -0.1) is 0 Å². The molecule has 122 valence electrons. The number of nitrogens with one attached hydrogen (secondary N) is 1. The van der Waals surface area contributed by atoms with Crippen LogP contribution < -0.4 is 5.32 Å². The molecule has 1 aliphatic carbocycles. The minimum Gasteiger partial charge on any atom is -0.481 e. The van der Waals surface area contributed by atoms with E-state index in [4.69, 9.17) is 9.84 Å². The van der Waals surface area contributed by atoms with Crippen molar-refractivity contribution >= 4 is 11.9 Å². The Kier molecular flexibility index (Phi) is 8.35. The summed E-state index contributed by atoms with van der Waals surface area (Å²) in [5.74, 6) is 0.220. The lowest BCUT2D eigenvalue weighted by molar-refractivity contribution is -0.137. The van der Waals surface area contributed by atoms with Gasteiger partial charge in [0.1, 0.15) is 0 Å². The van der Waals surface area contributed by atoms with Gasteiger partial charge >= 0.3 is 5.97 Å². The summed E-state index contributed by atoms with van der Waals surface area (Å²) >= 11 is 0. The molecule has 1 rings (SSSR count). The topological polar surface area (TPSA) is 75.6 Å². The molecule has 2 N–H and O–H groups in total. The first-order valence-electron chi connectivity index (χ1n) is 8.15. The van der Waals surface area contributed by atoms with E-state index >= 15 is 0 Å². The Morgan fingerprint density at radius 1 is 1.29 bits per heavy atom. The summed E-state index contributed by atoms with van der Waals surface area (Å²) in [7, 11) is 0. The first kappa shape index (κ1) is 18.0. The molecule has 1 unspecified atom stereocenters. The third kappa shape index (κ3) is 7.46. The number of carboxylic acids is 1. The van der Waals surface area contributed by atoms with Crippen LogP contribution in [0, 0.1) is 11.8 Å². The summed E-state index contributed by atoms with van der Waals surface area (Å²) in [6, 6.07) is 0. The lowest BCUT2D eigenvalue weighted by Gasteiger charge is -2.34. The lowest BCUT2D eigenvalue weighted by atomic mass is 9.80. The van der Waals surface area contributed by atoms with Gasteiger partial charge in [-0.25, -0.2) is 0 Å². The van der Waals surface area contributed by atoms with Crippen LogP contribution in [0.1, 0.15) is 58.8 Å². The van der Waals surface area contributed by atoms with Crippen LogP contribution in [0.5, 0.6) is 0 Å². The van der Waals surface area contributed by atoms with Gasteiger partial charge in [-0.1, -0.05) is 13.3 Å². The number of carbonyl (C=O) groups excluding carboxylic acids is 1. The molecule has 21 heavy (non-hydrogen) atoms. The minimum absolute atomic E-state index is 0.114. The Balaban J connectivity index is 2.06. The van der Waals surface area contributed by atoms with Crippen LogP contribution in [0.4, 0.5) is 0 Å². The highest BCUT2D eigenvalue weighted by atomic mass is 16.5. The standard InChI is InChI=1S/C16H29NO4/c1-3-12(5-6-16(19)20)7-8-17-15(18)11-13-9-14(10-13)21-4-2/h12-14H,3-11H2,1-2H3,(H,17,18)(H,19,20). The Bertz CT molecular complexity index is 326. The summed E-state index contributed by atoms with van der Waals surface area (Å²) in [4.78, 5) is 22.4. The number of ether oxygens (including phenoxy) is 1. The van der Waals surface area contributed by atoms with Crippen molar-refractivity contribution in [3.8, 4) is 0 Å². The lowest BCUT2D eigenvalue weighted by Crippen LogP contribution is -2.36. The molecule has 0 aromatic rings. The highest BCUT2D eigenvalue weighted by Crippen LogP contribution is 2.32. The van der Waals surface area contributed by atoms with E-state index in [0.29, 0.717) is 37.3 Å². The Hall–Kier alpha value is -1.10. The van der Waals surface area contributed by atoms with E-state index in [1.54, 1.807) is 0 Å². The fourth-order valence-electron chi connectivity index (χ4n) is 2.84. The minimum atomic E-state index is -0.744. The van der Waals surface area contributed by atoms with E-state index in [1.165, 1.54) is 0 Å². The number of hydrogen-bond donors (Lipinski definition) is 2. The molecule has 0 bridgehead atoms. The van der Waals surface area contributed by atoms with E-state index in [9.17, 15) is 9.59 Å². The maximum atomic E-state index is 11.8. The van der Waals surface area contributed by atoms with Gasteiger partial charge in [0.2, 0.25) is 5.91 Å². The summed E-state index contributed by atoms with van der Waals surface area (Å²) in [6.45, 7) is 5.46. The van der Waals surface area contributed by atoms with Crippen molar-refractivity contribution in [1.29, 1.82) is 0 Å². The zero-order chi connectivity index (χ0) is 15.7. The molecule has 0 aliphatic heterocycles. The van der Waals surface area contributed by atoms with E-state index in [1.807, 2.05) is 6.92 Å². The second kappa shape index (κ2) is 9.77. The molecule has 0 aromatic heterocycles. The first-order valence-corrected chi connectivity index (χ1v) is 8.15. The number of carboxylic acid groups (broad SMARTS) is 1. The van der Waals surface area contributed by atoms with Crippen LogP contribution in [0.25, 0.3) is 0 Å². The molecule has 5 nitrogen and oxygen atoms in total. The monoisotopic (exact) mass is 299 g/mol. The number of amides is 1. The molecule has 1 amide bonds. The molecule has 0 spiro atoms. The average molecular weight is 299 g/mol. The molecule has 5 heteroatoms. The quantitative estimate of drug-likeness (QED) is 0.615. The van der Waals surface area contributed by atoms with Gasteiger partial charge < -0.3 is 15.2 Å². The van der Waals surface area contributed by atoms with Gasteiger partial charge in [0.25, 0.3) is 0 Å². The van der Waals surface area contributed by atoms with Crippen molar-refractivity contribution in [3.05, 3.63) is 0 Å². The largest absolute Gasteiger partial charge is 0.481 e. The van der Waals surface area contributed by atoms with Crippen LogP contribution >= 0.6 is 0 Å². The molecular weight excluding hydrogens is 270 g/mol. The third-order valence-corrected chi connectivity index (χ3v) is 4.29. The maximum Gasteiger partial charge on any atom is 0.303 e. The Morgan fingerprint density at radius 2 is 2.00 bits per heavy atom. The molecule has 1 atom stereocenters. The van der Waals surface area contributed by atoms with Crippen LogP contribution in [-0.2, 0) is 14.3 Å². The van der Waals surface area contributed by atoms with Gasteiger partial charge in [0.05, 0.1) is 6.10 Å². The molecule has 0 radical (unpaired) electrons. The van der Waals surface area contributed by atoms with Gasteiger partial charge in [-0.05, 0) is 44.4 Å². The average Bonchev–Trinajstić information content (AvgIpc) is 2.40. The van der Waals surface area contributed by atoms with Crippen molar-refractivity contribution in [2.24, 2.45) is 11.8 Å². The fraction of sp³-hybridized carbons (Fsp3) is 0.875. The van der Waals surface area contributed by atoms with Crippen molar-refractivity contribution in [1.82, 2.24) is 5.32 Å². The predicted octanol–water partition coefficient (Wildman–Crippen LogP) is 2.59. The Morgan fingerprint density at radius 3 is 2.57 bits per heavy atom. The zero-order valence-electron chi connectivity index (χ0n) is 13.3. The molecule has 1 saturated carbocycles. The molecule has 1 fully saturated rings. The third-order valence-electron chi connectivity index (χ3n) is 4.29. The van der Waals surface area contributed by atoms with Crippen LogP contribution in [0.2, 0.25) is 0 Å². The van der Waals surface area contributed by atoms with E-state index in [-0.39, 0.29) is 12.3 Å². The molecule has 1 aliphatic rings. The highest BCUT2D eigenvalue weighted by Gasteiger charge is 2.30. The van der Waals surface area contributed by atoms with Crippen molar-refractivity contribution in [3.63, 3.8) is 0 Å². The fourth-order valence-corrected chi connectivity index (χ4v) is 2.84. The first-order chi connectivity index (χ1) is 10.0. The van der Waals surface area contributed by atoms with Crippen molar-refractivity contribution in [2.75, 3.05) is 13.2 Å². The second-order valence-electron chi connectivity index (χ2n) is 5.96. The highest BCUT2D eigenvalue weighted by molar-refractivity contribution is 5.76. The number of hydrogen-bond acceptors (Lipinski definition) is 3. The zero-order valence-corrected chi connectivity index (χ0v) is 13.3. The normalized spacial score (nSPS) is 22.4. The number of rotatable bonds is 11. The summed E-state index contributed by atoms with van der Waals surface area (Å²) in [5, 5.41) is 11.6. The van der Waals surface area contributed by atoms with E-state index in [0.717, 1.165) is 32.3 Å². The van der Waals surface area contributed by atoms with E-state index < -0.39 is 5.97 Å². The van der Waals surface area contributed by atoms with Gasteiger partial charge in [-0.3, -0.25) is 9.59 Å². The summed E-state index contributed by atoms with van der Waals surface area (Å²) in [6.07, 6.45) is 5.68. The van der Waals surface area contributed by atoms with Crippen molar-refractivity contribution in [2.45, 2.75) is 64.9 Å². The Labute approximate surface area is 127 Å². The molecule has 0 aromatic carbocycles. The molecular formula is C16H29NO4. The SMILES string of the molecule is CCOC1CC(CC(=O)NCCC(CC)CCC(=O)O)C1. The van der Waals surface area contributed by atoms with Gasteiger partial charge in [-0.2, -0.15) is 0 Å². The maximum absolute atomic E-state index is 11.8. The smallest absolute Gasteiger partial charge is 0.303 e. The number of carbonyl (C=O) groups is 2. The van der Waals surface area contributed by atoms with Crippen LogP contribution in [-0.4, -0.2) is 36.2 Å². The van der Waals surface area contributed by atoms with Gasteiger partial charge in [0.15, 0.2) is 0 Å². The van der Waals surface area contributed by atoms with Crippen LogP contribution in [0.15, 0.2) is 0 Å². The van der Waals surface area contributed by atoms with Crippen LogP contribution in [0.3, 0.4) is 0 Å². The molecule has 0 saturated heterocycles. The predicted molar refractivity (Wildman–Crippen MR) is 81.0 cm³/mol. The van der Waals surface area contributed by atoms with Crippen molar-refractivity contribution < 1.29 is 19.4 Å². The van der Waals surface area contributed by atoms with E-state index in [2.05, 4.69) is 12.2 Å². The molecule has 0 heterocycles. The summed E-state index contributed by atoms with van der Waals surface area (Å²) < 4.78 is 5.48.